The summed E-state index contributed by atoms with van der Waals surface area (Å²) in [7, 11) is 1.65. The van der Waals surface area contributed by atoms with Gasteiger partial charge in [-0.25, -0.2) is 0 Å². The molecule has 3 rings (SSSR count). The summed E-state index contributed by atoms with van der Waals surface area (Å²) in [5.74, 6) is 0.439. The van der Waals surface area contributed by atoms with Crippen molar-refractivity contribution in [3.63, 3.8) is 0 Å². The third kappa shape index (κ3) is 5.07. The van der Waals surface area contributed by atoms with Crippen LogP contribution in [0.2, 0.25) is 0 Å². The van der Waals surface area contributed by atoms with Crippen molar-refractivity contribution in [2.75, 3.05) is 20.3 Å². The van der Waals surface area contributed by atoms with Gasteiger partial charge in [0.1, 0.15) is 11.9 Å². The molecule has 2 aromatic carbocycles. The van der Waals surface area contributed by atoms with Crippen molar-refractivity contribution in [2.24, 2.45) is 5.92 Å². The third-order valence-electron chi connectivity index (χ3n) is 4.65. The summed E-state index contributed by atoms with van der Waals surface area (Å²) in [6, 6.07) is 17.6. The first kappa shape index (κ1) is 20.7. The number of rotatable bonds is 8. The highest BCUT2D eigenvalue weighted by Gasteiger charge is 2.38. The van der Waals surface area contributed by atoms with Crippen LogP contribution in [-0.2, 0) is 19.0 Å². The molecule has 5 nitrogen and oxygen atoms in total. The van der Waals surface area contributed by atoms with Gasteiger partial charge in [0.25, 0.3) is 0 Å². The van der Waals surface area contributed by atoms with Crippen LogP contribution in [-0.4, -0.2) is 37.8 Å². The molecule has 28 heavy (non-hydrogen) atoms. The zero-order chi connectivity index (χ0) is 19.9. The van der Waals surface area contributed by atoms with E-state index in [9.17, 15) is 4.79 Å². The van der Waals surface area contributed by atoms with E-state index in [1.165, 1.54) is 6.92 Å². The Morgan fingerprint density at radius 2 is 1.71 bits per heavy atom. The van der Waals surface area contributed by atoms with Crippen LogP contribution in [0.25, 0.3) is 0 Å². The monoisotopic (exact) mass is 402 g/mol. The fourth-order valence-electron chi connectivity index (χ4n) is 3.29. The average Bonchev–Trinajstić information content (AvgIpc) is 3.25. The molecule has 1 aliphatic rings. The Balaban J connectivity index is 1.98. The first-order chi connectivity index (χ1) is 13.6. The molecule has 2 aromatic rings. The van der Waals surface area contributed by atoms with Crippen molar-refractivity contribution in [3.05, 3.63) is 60.2 Å². The number of thioether (sulfide) groups is 1. The first-order valence-electron chi connectivity index (χ1n) is 9.35. The number of ether oxygens (including phenoxy) is 4. The Labute approximate surface area is 170 Å². The lowest BCUT2D eigenvalue weighted by atomic mass is 9.96. The molecule has 3 unspecified atom stereocenters. The normalized spacial score (nSPS) is 17.7. The lowest BCUT2D eigenvalue weighted by molar-refractivity contribution is -0.149. The van der Waals surface area contributed by atoms with Crippen LogP contribution in [0.1, 0.15) is 25.5 Å². The maximum atomic E-state index is 11.9. The lowest BCUT2D eigenvalue weighted by Crippen LogP contribution is -2.34. The van der Waals surface area contributed by atoms with Gasteiger partial charge in [-0.05, 0) is 17.7 Å². The van der Waals surface area contributed by atoms with Gasteiger partial charge >= 0.3 is 5.97 Å². The highest BCUT2D eigenvalue weighted by atomic mass is 32.2. The SMILES string of the molecule is COc1ccccc1SC(C(OC(C)=O)c1ccccc1)C(C)C1OCCO1. The average molecular weight is 403 g/mol. The maximum absolute atomic E-state index is 11.9. The van der Waals surface area contributed by atoms with Gasteiger partial charge in [0, 0.05) is 17.7 Å². The molecule has 0 radical (unpaired) electrons. The van der Waals surface area contributed by atoms with Gasteiger partial charge in [-0.3, -0.25) is 4.79 Å². The quantitative estimate of drug-likeness (QED) is 0.480. The largest absolute Gasteiger partial charge is 0.496 e. The number of hydrogen-bond donors (Lipinski definition) is 0. The van der Waals surface area contributed by atoms with Crippen molar-refractivity contribution >= 4 is 17.7 Å². The standard InChI is InChI=1S/C22H26O5S/c1-15(22-25-13-14-26-22)21(28-19-12-8-7-11-18(19)24-3)20(27-16(2)23)17-9-5-4-6-10-17/h4-12,15,20-22H,13-14H2,1-3H3. The number of hydrogen-bond acceptors (Lipinski definition) is 6. The van der Waals surface area contributed by atoms with Crippen LogP contribution in [0.5, 0.6) is 5.75 Å². The molecule has 0 aliphatic carbocycles. The molecule has 0 N–H and O–H groups in total. The fourth-order valence-corrected chi connectivity index (χ4v) is 4.69. The molecule has 6 heteroatoms. The van der Waals surface area contributed by atoms with Crippen LogP contribution < -0.4 is 4.74 Å². The summed E-state index contributed by atoms with van der Waals surface area (Å²) in [5, 5.41) is -0.134. The Hall–Kier alpha value is -2.02. The van der Waals surface area contributed by atoms with Crippen molar-refractivity contribution < 1.29 is 23.7 Å². The smallest absolute Gasteiger partial charge is 0.303 e. The van der Waals surface area contributed by atoms with Crippen molar-refractivity contribution in [1.29, 1.82) is 0 Å². The molecule has 1 aliphatic heterocycles. The van der Waals surface area contributed by atoms with E-state index in [-0.39, 0.29) is 23.4 Å². The van der Waals surface area contributed by atoms with E-state index in [2.05, 4.69) is 6.92 Å². The summed E-state index contributed by atoms with van der Waals surface area (Å²) in [5.41, 5.74) is 0.940. The molecule has 0 bridgehead atoms. The Morgan fingerprint density at radius 1 is 1.07 bits per heavy atom. The maximum Gasteiger partial charge on any atom is 0.303 e. The second kappa shape index (κ2) is 9.96. The van der Waals surface area contributed by atoms with Crippen molar-refractivity contribution in [1.82, 2.24) is 0 Å². The van der Waals surface area contributed by atoms with Crippen LogP contribution in [0.15, 0.2) is 59.5 Å². The molecule has 0 saturated carbocycles. The predicted molar refractivity (Wildman–Crippen MR) is 108 cm³/mol. The van der Waals surface area contributed by atoms with E-state index in [1.807, 2.05) is 54.6 Å². The number of carbonyl (C=O) groups is 1. The van der Waals surface area contributed by atoms with E-state index in [1.54, 1.807) is 18.9 Å². The van der Waals surface area contributed by atoms with E-state index in [4.69, 9.17) is 18.9 Å². The van der Waals surface area contributed by atoms with Gasteiger partial charge in [-0.2, -0.15) is 0 Å². The van der Waals surface area contributed by atoms with E-state index >= 15 is 0 Å². The zero-order valence-electron chi connectivity index (χ0n) is 16.4. The van der Waals surface area contributed by atoms with Gasteiger partial charge in [0.05, 0.1) is 25.6 Å². The second-order valence-corrected chi connectivity index (χ2v) is 7.86. The first-order valence-corrected chi connectivity index (χ1v) is 10.2. The number of methoxy groups -OCH3 is 1. The fraction of sp³-hybridized carbons (Fsp3) is 0.409. The molecular formula is C22H26O5S. The number of esters is 1. The van der Waals surface area contributed by atoms with Gasteiger partial charge in [0.2, 0.25) is 0 Å². The van der Waals surface area contributed by atoms with Gasteiger partial charge in [0.15, 0.2) is 6.29 Å². The van der Waals surface area contributed by atoms with Crippen LogP contribution in [0.3, 0.4) is 0 Å². The van der Waals surface area contributed by atoms with E-state index in [0.717, 1.165) is 16.2 Å². The molecular weight excluding hydrogens is 376 g/mol. The number of carbonyl (C=O) groups excluding carboxylic acids is 1. The van der Waals surface area contributed by atoms with E-state index < -0.39 is 6.10 Å². The molecule has 1 heterocycles. The Bertz CT molecular complexity index is 761. The molecule has 3 atom stereocenters. The van der Waals surface area contributed by atoms with Crippen LogP contribution in [0, 0.1) is 5.92 Å². The summed E-state index contributed by atoms with van der Waals surface area (Å²) >= 11 is 1.62. The minimum atomic E-state index is -0.448. The minimum Gasteiger partial charge on any atom is -0.496 e. The summed E-state index contributed by atoms with van der Waals surface area (Å²) in [6.45, 7) is 4.66. The summed E-state index contributed by atoms with van der Waals surface area (Å²) < 4.78 is 22.9. The van der Waals surface area contributed by atoms with Gasteiger partial charge in [-0.1, -0.05) is 49.4 Å². The molecule has 0 spiro atoms. The van der Waals surface area contributed by atoms with Crippen LogP contribution in [0.4, 0.5) is 0 Å². The summed E-state index contributed by atoms with van der Waals surface area (Å²) in [4.78, 5) is 12.9. The number of para-hydroxylation sites is 1. The molecule has 1 saturated heterocycles. The molecule has 0 aromatic heterocycles. The minimum absolute atomic E-state index is 0.0260. The molecule has 1 fully saturated rings. The predicted octanol–water partition coefficient (Wildman–Crippen LogP) is 4.47. The lowest BCUT2D eigenvalue weighted by Gasteiger charge is -2.33. The third-order valence-corrected chi connectivity index (χ3v) is 6.19. The van der Waals surface area contributed by atoms with Crippen molar-refractivity contribution in [2.45, 2.75) is 36.4 Å². The topological polar surface area (TPSA) is 54.0 Å². The van der Waals surface area contributed by atoms with E-state index in [0.29, 0.717) is 13.2 Å². The highest BCUT2D eigenvalue weighted by molar-refractivity contribution is 8.00. The Kier molecular flexibility index (Phi) is 7.36. The second-order valence-electron chi connectivity index (χ2n) is 6.64. The van der Waals surface area contributed by atoms with Gasteiger partial charge < -0.3 is 18.9 Å². The highest BCUT2D eigenvalue weighted by Crippen LogP contribution is 2.44. The molecule has 0 amide bonds. The zero-order valence-corrected chi connectivity index (χ0v) is 17.2. The summed E-state index contributed by atoms with van der Waals surface area (Å²) in [6.07, 6.45) is -0.787. The number of benzene rings is 2. The molecule has 150 valence electrons. The van der Waals surface area contributed by atoms with Crippen LogP contribution >= 0.6 is 11.8 Å². The van der Waals surface area contributed by atoms with Gasteiger partial charge in [-0.15, -0.1) is 11.8 Å². The Morgan fingerprint density at radius 3 is 2.36 bits per heavy atom. The van der Waals surface area contributed by atoms with Crippen molar-refractivity contribution in [3.8, 4) is 5.75 Å².